The number of Topliss-reactive ketones (excluding diaryl/α,β-unsaturated/α-hetero) is 2. The molecule has 0 atom stereocenters. The summed E-state index contributed by atoms with van der Waals surface area (Å²) in [6.45, 7) is 0. The van der Waals surface area contributed by atoms with E-state index in [4.69, 9.17) is 0 Å². The van der Waals surface area contributed by atoms with E-state index in [1.54, 1.807) is 18.2 Å². The van der Waals surface area contributed by atoms with E-state index < -0.39 is 0 Å². The van der Waals surface area contributed by atoms with E-state index in [-0.39, 0.29) is 23.8 Å². The highest BCUT2D eigenvalue weighted by atomic mass is 19.1. The van der Waals surface area contributed by atoms with Gasteiger partial charge >= 0.3 is 0 Å². The van der Waals surface area contributed by atoms with Gasteiger partial charge in [0.05, 0.1) is 0 Å². The lowest BCUT2D eigenvalue weighted by molar-refractivity contribution is 0.0989. The number of halogens is 1. The molecule has 0 spiro atoms. The summed E-state index contributed by atoms with van der Waals surface area (Å²) in [5, 5.41) is 0. The average Bonchev–Trinajstić information content (AvgIpc) is 2.63. The van der Waals surface area contributed by atoms with Gasteiger partial charge in [-0.3, -0.25) is 9.59 Å². The van der Waals surface area contributed by atoms with Gasteiger partial charge in [-0.25, -0.2) is 4.39 Å². The molecule has 0 saturated carbocycles. The first-order valence-electron chi connectivity index (χ1n) is 8.07. The summed E-state index contributed by atoms with van der Waals surface area (Å²) in [5.41, 5.74) is 2.62. The SMILES string of the molecule is O=C(Cc1ccccc1C(=O)Cc1ccccc1)c1ccc(F)cc1. The molecule has 0 N–H and O–H groups in total. The summed E-state index contributed by atoms with van der Waals surface area (Å²) in [5.74, 6) is -0.538. The minimum Gasteiger partial charge on any atom is -0.294 e. The second kappa shape index (κ2) is 7.67. The predicted molar refractivity (Wildman–Crippen MR) is 95.4 cm³/mol. The van der Waals surface area contributed by atoms with Crippen molar-refractivity contribution in [1.29, 1.82) is 0 Å². The fraction of sp³-hybridized carbons (Fsp3) is 0.0909. The zero-order valence-electron chi connectivity index (χ0n) is 13.6. The summed E-state index contributed by atoms with van der Waals surface area (Å²) >= 11 is 0. The molecule has 0 aliphatic carbocycles. The van der Waals surface area contributed by atoms with Gasteiger partial charge in [0.15, 0.2) is 11.6 Å². The molecule has 0 radical (unpaired) electrons. The van der Waals surface area contributed by atoms with Crippen LogP contribution in [0, 0.1) is 5.82 Å². The summed E-state index contributed by atoms with van der Waals surface area (Å²) in [4.78, 5) is 25.1. The summed E-state index contributed by atoms with van der Waals surface area (Å²) < 4.78 is 13.0. The monoisotopic (exact) mass is 332 g/mol. The van der Waals surface area contributed by atoms with Crippen LogP contribution in [0.1, 0.15) is 31.8 Å². The standard InChI is InChI=1S/C22H17FO2/c23-19-12-10-17(11-13-19)21(24)15-18-8-4-5-9-20(18)22(25)14-16-6-2-1-3-7-16/h1-13H,14-15H2. The third kappa shape index (κ3) is 4.27. The highest BCUT2D eigenvalue weighted by Gasteiger charge is 2.15. The molecule has 0 aromatic heterocycles. The molecule has 0 saturated heterocycles. The molecule has 3 aromatic carbocycles. The van der Waals surface area contributed by atoms with Gasteiger partial charge in [-0.2, -0.15) is 0 Å². The number of rotatable bonds is 6. The van der Waals surface area contributed by atoms with Crippen LogP contribution in [-0.2, 0) is 12.8 Å². The summed E-state index contributed by atoms with van der Waals surface area (Å²) in [6.07, 6.45) is 0.408. The minimum atomic E-state index is -0.380. The molecule has 124 valence electrons. The Bertz CT molecular complexity index is 883. The molecule has 3 heteroatoms. The second-order valence-corrected chi connectivity index (χ2v) is 5.85. The average molecular weight is 332 g/mol. The largest absolute Gasteiger partial charge is 0.294 e. The number of carbonyl (C=O) groups excluding carboxylic acids is 2. The van der Waals surface area contributed by atoms with E-state index in [1.807, 2.05) is 36.4 Å². The number of hydrogen-bond acceptors (Lipinski definition) is 2. The van der Waals surface area contributed by atoms with Crippen LogP contribution in [0.3, 0.4) is 0 Å². The Labute approximate surface area is 145 Å². The van der Waals surface area contributed by atoms with E-state index in [0.717, 1.165) is 5.56 Å². The lowest BCUT2D eigenvalue weighted by Gasteiger charge is -2.09. The van der Waals surface area contributed by atoms with Gasteiger partial charge in [0.25, 0.3) is 0 Å². The first kappa shape index (κ1) is 16.8. The zero-order valence-corrected chi connectivity index (χ0v) is 13.6. The van der Waals surface area contributed by atoms with Gasteiger partial charge < -0.3 is 0 Å². The molecule has 0 unspecified atom stereocenters. The van der Waals surface area contributed by atoms with Crippen LogP contribution in [0.25, 0.3) is 0 Å². The molecule has 0 aliphatic heterocycles. The Morgan fingerprint density at radius 1 is 0.680 bits per heavy atom. The molecule has 0 amide bonds. The van der Waals surface area contributed by atoms with Gasteiger partial charge in [0.1, 0.15) is 5.82 Å². The summed E-state index contributed by atoms with van der Waals surface area (Å²) in [6, 6.07) is 22.1. The normalized spacial score (nSPS) is 10.4. The fourth-order valence-corrected chi connectivity index (χ4v) is 2.73. The Hall–Kier alpha value is -3.07. The lowest BCUT2D eigenvalue weighted by atomic mass is 9.94. The molecule has 0 heterocycles. The first-order chi connectivity index (χ1) is 12.1. The van der Waals surface area contributed by atoms with E-state index >= 15 is 0 Å². The van der Waals surface area contributed by atoms with Crippen LogP contribution >= 0.6 is 0 Å². The van der Waals surface area contributed by atoms with Crippen molar-refractivity contribution in [3.63, 3.8) is 0 Å². The van der Waals surface area contributed by atoms with Crippen molar-refractivity contribution < 1.29 is 14.0 Å². The van der Waals surface area contributed by atoms with E-state index in [2.05, 4.69) is 0 Å². The van der Waals surface area contributed by atoms with Gasteiger partial charge in [0, 0.05) is 24.0 Å². The van der Waals surface area contributed by atoms with Crippen molar-refractivity contribution in [3.05, 3.63) is 107 Å². The number of carbonyl (C=O) groups is 2. The van der Waals surface area contributed by atoms with Crippen molar-refractivity contribution in [3.8, 4) is 0 Å². The predicted octanol–water partition coefficient (Wildman–Crippen LogP) is 4.68. The van der Waals surface area contributed by atoms with Crippen molar-refractivity contribution in [2.24, 2.45) is 0 Å². The Balaban J connectivity index is 1.79. The molecular formula is C22H17FO2. The first-order valence-corrected chi connectivity index (χ1v) is 8.07. The van der Waals surface area contributed by atoms with Crippen LogP contribution < -0.4 is 0 Å². The van der Waals surface area contributed by atoms with Gasteiger partial charge in [-0.1, -0.05) is 54.6 Å². The van der Waals surface area contributed by atoms with E-state index in [1.165, 1.54) is 24.3 Å². The maximum absolute atomic E-state index is 13.0. The topological polar surface area (TPSA) is 34.1 Å². The molecule has 3 rings (SSSR count). The van der Waals surface area contributed by atoms with Crippen molar-refractivity contribution in [2.45, 2.75) is 12.8 Å². The Kier molecular flexibility index (Phi) is 5.14. The third-order valence-electron chi connectivity index (χ3n) is 4.04. The quantitative estimate of drug-likeness (QED) is 0.614. The lowest BCUT2D eigenvalue weighted by Crippen LogP contribution is -2.11. The molecule has 2 nitrogen and oxygen atoms in total. The highest BCUT2D eigenvalue weighted by molar-refractivity contribution is 6.02. The van der Waals surface area contributed by atoms with Crippen LogP contribution in [0.5, 0.6) is 0 Å². The number of ketones is 2. The molecule has 0 bridgehead atoms. The van der Waals surface area contributed by atoms with Crippen LogP contribution in [-0.4, -0.2) is 11.6 Å². The molecule has 0 fully saturated rings. The smallest absolute Gasteiger partial charge is 0.167 e. The van der Waals surface area contributed by atoms with Crippen molar-refractivity contribution >= 4 is 11.6 Å². The second-order valence-electron chi connectivity index (χ2n) is 5.85. The maximum atomic E-state index is 13.0. The molecule has 0 aliphatic rings. The number of benzene rings is 3. The van der Waals surface area contributed by atoms with Crippen LogP contribution in [0.15, 0.2) is 78.9 Å². The Morgan fingerprint density at radius 2 is 1.32 bits per heavy atom. The maximum Gasteiger partial charge on any atom is 0.167 e. The molecule has 25 heavy (non-hydrogen) atoms. The fourth-order valence-electron chi connectivity index (χ4n) is 2.73. The highest BCUT2D eigenvalue weighted by Crippen LogP contribution is 2.16. The van der Waals surface area contributed by atoms with Gasteiger partial charge in [-0.15, -0.1) is 0 Å². The van der Waals surface area contributed by atoms with Gasteiger partial charge in [0.2, 0.25) is 0 Å². The zero-order chi connectivity index (χ0) is 17.6. The van der Waals surface area contributed by atoms with Crippen LogP contribution in [0.4, 0.5) is 4.39 Å². The van der Waals surface area contributed by atoms with E-state index in [0.29, 0.717) is 23.1 Å². The number of hydrogen-bond donors (Lipinski definition) is 0. The van der Waals surface area contributed by atoms with E-state index in [9.17, 15) is 14.0 Å². The molecular weight excluding hydrogens is 315 g/mol. The van der Waals surface area contributed by atoms with Crippen molar-refractivity contribution in [2.75, 3.05) is 0 Å². The Morgan fingerprint density at radius 3 is 2.04 bits per heavy atom. The van der Waals surface area contributed by atoms with Crippen molar-refractivity contribution in [1.82, 2.24) is 0 Å². The van der Waals surface area contributed by atoms with Crippen LogP contribution in [0.2, 0.25) is 0 Å². The third-order valence-corrected chi connectivity index (χ3v) is 4.04. The summed E-state index contributed by atoms with van der Waals surface area (Å²) in [7, 11) is 0. The van der Waals surface area contributed by atoms with Gasteiger partial charge in [-0.05, 0) is 35.4 Å². The minimum absolute atomic E-state index is 0.0197. The molecule has 3 aromatic rings.